The maximum absolute atomic E-state index is 11.8. The monoisotopic (exact) mass is 246 g/mol. The van der Waals surface area contributed by atoms with Crippen molar-refractivity contribution in [2.75, 3.05) is 19.8 Å². The largest absolute Gasteiger partial charge is 0.508 e. The summed E-state index contributed by atoms with van der Waals surface area (Å²) in [5.41, 5.74) is -0.794. The first-order valence-corrected chi connectivity index (χ1v) is 5.97. The number of carbonyl (C=O) groups is 2. The van der Waals surface area contributed by atoms with Crippen LogP contribution in [0.25, 0.3) is 0 Å². The fourth-order valence-corrected chi connectivity index (χ4v) is 1.47. The topological polar surface area (TPSA) is 61.8 Å². The zero-order valence-electron chi connectivity index (χ0n) is 11.1. The van der Waals surface area contributed by atoms with E-state index in [0.29, 0.717) is 13.0 Å². The van der Waals surface area contributed by atoms with E-state index in [9.17, 15) is 9.59 Å². The summed E-state index contributed by atoms with van der Waals surface area (Å²) in [5, 5.41) is 0. The number of carbonyl (C=O) groups excluding carboxylic acids is 2. The number of esters is 1. The Hall–Kier alpha value is -1.26. The number of hydrogen-bond donors (Lipinski definition) is 0. The number of rotatable bonds is 7. The van der Waals surface area contributed by atoms with Gasteiger partial charge in [0.15, 0.2) is 0 Å². The van der Waals surface area contributed by atoms with Crippen molar-refractivity contribution < 1.29 is 23.8 Å². The van der Waals surface area contributed by atoms with Crippen molar-refractivity contribution in [1.29, 1.82) is 0 Å². The van der Waals surface area contributed by atoms with Gasteiger partial charge in [-0.15, -0.1) is 0 Å². The quantitative estimate of drug-likeness (QED) is 0.646. The van der Waals surface area contributed by atoms with Crippen LogP contribution in [0.5, 0.6) is 0 Å². The first-order chi connectivity index (χ1) is 8.00. The lowest BCUT2D eigenvalue weighted by Gasteiger charge is -2.25. The lowest BCUT2D eigenvalue weighted by Crippen LogP contribution is -2.35. The van der Waals surface area contributed by atoms with Crippen molar-refractivity contribution in [2.24, 2.45) is 5.41 Å². The average Bonchev–Trinajstić information content (AvgIpc) is 2.27. The highest BCUT2D eigenvalue weighted by molar-refractivity contribution is 5.77. The van der Waals surface area contributed by atoms with E-state index >= 15 is 0 Å². The molecule has 5 nitrogen and oxygen atoms in total. The third kappa shape index (κ3) is 5.56. The van der Waals surface area contributed by atoms with Crippen LogP contribution in [0.3, 0.4) is 0 Å². The van der Waals surface area contributed by atoms with Crippen LogP contribution in [0.1, 0.15) is 40.5 Å². The fourth-order valence-electron chi connectivity index (χ4n) is 1.47. The molecule has 0 bridgehead atoms. The number of ether oxygens (including phenoxy) is 3. The second-order valence-electron chi connectivity index (χ2n) is 4.00. The molecule has 0 heterocycles. The minimum atomic E-state index is -0.794. The van der Waals surface area contributed by atoms with Gasteiger partial charge in [-0.2, -0.15) is 0 Å². The second-order valence-corrected chi connectivity index (χ2v) is 4.00. The fraction of sp³-hybridized carbons (Fsp3) is 0.833. The lowest BCUT2D eigenvalue weighted by atomic mass is 9.86. The summed E-state index contributed by atoms with van der Waals surface area (Å²) in [7, 11) is 0. The Morgan fingerprint density at radius 2 is 1.59 bits per heavy atom. The summed E-state index contributed by atoms with van der Waals surface area (Å²) in [4.78, 5) is 22.8. The molecule has 1 atom stereocenters. The second kappa shape index (κ2) is 7.92. The van der Waals surface area contributed by atoms with Gasteiger partial charge in [0.2, 0.25) is 0 Å². The van der Waals surface area contributed by atoms with Gasteiger partial charge in [0.1, 0.15) is 6.61 Å². The minimum Gasteiger partial charge on any atom is -0.465 e. The van der Waals surface area contributed by atoms with Crippen LogP contribution >= 0.6 is 0 Å². The van der Waals surface area contributed by atoms with E-state index in [1.807, 2.05) is 6.92 Å². The standard InChI is InChI=1S/C12H22O5/c1-5-8-12(4,10(13)15-6-2)9-17-11(14)16-7-3/h5-9H2,1-4H3. The maximum Gasteiger partial charge on any atom is 0.508 e. The molecule has 0 amide bonds. The molecular weight excluding hydrogens is 224 g/mol. The molecule has 0 aromatic carbocycles. The van der Waals surface area contributed by atoms with E-state index in [4.69, 9.17) is 9.47 Å². The Balaban J connectivity index is 4.39. The van der Waals surface area contributed by atoms with Crippen LogP contribution < -0.4 is 0 Å². The van der Waals surface area contributed by atoms with Crippen LogP contribution in [0.4, 0.5) is 4.79 Å². The molecule has 17 heavy (non-hydrogen) atoms. The molecule has 0 saturated heterocycles. The van der Waals surface area contributed by atoms with Crippen molar-refractivity contribution in [1.82, 2.24) is 0 Å². The Bertz CT molecular complexity index is 251. The molecule has 0 saturated carbocycles. The summed E-state index contributed by atoms with van der Waals surface area (Å²) in [6.45, 7) is 7.68. The summed E-state index contributed by atoms with van der Waals surface area (Å²) in [6, 6.07) is 0. The highest BCUT2D eigenvalue weighted by atomic mass is 16.7. The molecule has 1 unspecified atom stereocenters. The van der Waals surface area contributed by atoms with Crippen LogP contribution in [-0.2, 0) is 19.0 Å². The van der Waals surface area contributed by atoms with Crippen molar-refractivity contribution >= 4 is 12.1 Å². The maximum atomic E-state index is 11.8. The lowest BCUT2D eigenvalue weighted by molar-refractivity contribution is -0.157. The van der Waals surface area contributed by atoms with Crippen molar-refractivity contribution in [2.45, 2.75) is 40.5 Å². The summed E-state index contributed by atoms with van der Waals surface area (Å²) < 4.78 is 14.5. The van der Waals surface area contributed by atoms with E-state index in [1.165, 1.54) is 0 Å². The third-order valence-electron chi connectivity index (χ3n) is 2.34. The SMILES string of the molecule is CCCC(C)(COC(=O)OCC)C(=O)OCC. The van der Waals surface area contributed by atoms with Crippen molar-refractivity contribution in [3.63, 3.8) is 0 Å². The molecule has 100 valence electrons. The van der Waals surface area contributed by atoms with E-state index in [1.54, 1.807) is 20.8 Å². The molecule has 0 spiro atoms. The van der Waals surface area contributed by atoms with Crippen LogP contribution in [0.2, 0.25) is 0 Å². The molecule has 0 rings (SSSR count). The van der Waals surface area contributed by atoms with Gasteiger partial charge in [0.05, 0.1) is 18.6 Å². The van der Waals surface area contributed by atoms with Crippen LogP contribution in [-0.4, -0.2) is 31.9 Å². The molecule has 0 aliphatic heterocycles. The molecule has 0 aliphatic rings. The molecule has 0 aromatic rings. The van der Waals surface area contributed by atoms with Crippen LogP contribution in [0.15, 0.2) is 0 Å². The van der Waals surface area contributed by atoms with Gasteiger partial charge in [-0.1, -0.05) is 13.3 Å². The predicted octanol–water partition coefficient (Wildman–Crippen LogP) is 2.53. The zero-order chi connectivity index (χ0) is 13.3. The molecular formula is C12H22O5. The van der Waals surface area contributed by atoms with Crippen molar-refractivity contribution in [3.05, 3.63) is 0 Å². The third-order valence-corrected chi connectivity index (χ3v) is 2.34. The minimum absolute atomic E-state index is 0.0154. The van der Waals surface area contributed by atoms with Gasteiger partial charge >= 0.3 is 12.1 Å². The van der Waals surface area contributed by atoms with Gasteiger partial charge in [-0.3, -0.25) is 4.79 Å². The van der Waals surface area contributed by atoms with E-state index in [2.05, 4.69) is 4.74 Å². The summed E-state index contributed by atoms with van der Waals surface area (Å²) >= 11 is 0. The summed E-state index contributed by atoms with van der Waals surface area (Å²) in [6.07, 6.45) is 0.659. The highest BCUT2D eigenvalue weighted by Gasteiger charge is 2.35. The number of hydrogen-bond acceptors (Lipinski definition) is 5. The first kappa shape index (κ1) is 15.7. The molecule has 0 aromatic heterocycles. The van der Waals surface area contributed by atoms with E-state index < -0.39 is 11.6 Å². The highest BCUT2D eigenvalue weighted by Crippen LogP contribution is 2.25. The Kier molecular flexibility index (Phi) is 7.34. The Morgan fingerprint density at radius 1 is 1.00 bits per heavy atom. The van der Waals surface area contributed by atoms with E-state index in [0.717, 1.165) is 6.42 Å². The Labute approximate surface area is 102 Å². The zero-order valence-corrected chi connectivity index (χ0v) is 11.1. The smallest absolute Gasteiger partial charge is 0.465 e. The summed E-state index contributed by atoms with van der Waals surface area (Å²) in [5.74, 6) is -0.342. The van der Waals surface area contributed by atoms with Crippen LogP contribution in [0, 0.1) is 5.41 Å². The van der Waals surface area contributed by atoms with Gasteiger partial charge in [0, 0.05) is 0 Å². The van der Waals surface area contributed by atoms with Crippen molar-refractivity contribution in [3.8, 4) is 0 Å². The molecule has 0 N–H and O–H groups in total. The van der Waals surface area contributed by atoms with Gasteiger partial charge in [-0.25, -0.2) is 4.79 Å². The molecule has 0 radical (unpaired) electrons. The van der Waals surface area contributed by atoms with E-state index in [-0.39, 0.29) is 19.2 Å². The normalized spacial score (nSPS) is 13.6. The van der Waals surface area contributed by atoms with Gasteiger partial charge < -0.3 is 14.2 Å². The Morgan fingerprint density at radius 3 is 2.06 bits per heavy atom. The molecule has 0 fully saturated rings. The van der Waals surface area contributed by atoms with Gasteiger partial charge in [-0.05, 0) is 27.2 Å². The molecule has 0 aliphatic carbocycles. The average molecular weight is 246 g/mol. The first-order valence-electron chi connectivity index (χ1n) is 5.97. The van der Waals surface area contributed by atoms with Gasteiger partial charge in [0.25, 0.3) is 0 Å². The predicted molar refractivity (Wildman–Crippen MR) is 62.6 cm³/mol. The molecule has 5 heteroatoms.